The van der Waals surface area contributed by atoms with Crippen LogP contribution in [-0.2, 0) is 22.4 Å². The van der Waals surface area contributed by atoms with Crippen LogP contribution < -0.4 is 5.32 Å². The maximum absolute atomic E-state index is 11.8. The summed E-state index contributed by atoms with van der Waals surface area (Å²) in [6.07, 6.45) is 5.87. The van der Waals surface area contributed by atoms with Gasteiger partial charge in [-0.15, -0.1) is 12.6 Å². The lowest BCUT2D eigenvalue weighted by Crippen LogP contribution is -2.42. The molecule has 7 heteroatoms. The first-order valence-electron chi connectivity index (χ1n) is 9.65. The maximum atomic E-state index is 11.8. The number of thiol groups is 1. The predicted octanol–water partition coefficient (Wildman–Crippen LogP) is 3.55. The highest BCUT2D eigenvalue weighted by Gasteiger charge is 2.23. The quantitative estimate of drug-likeness (QED) is 0.484. The zero-order valence-electron chi connectivity index (χ0n) is 16.6. The minimum atomic E-state index is -1.07. The van der Waals surface area contributed by atoms with Gasteiger partial charge in [0.15, 0.2) is 0 Å². The highest BCUT2D eigenvalue weighted by molar-refractivity contribution is 7.80. The lowest BCUT2D eigenvalue weighted by atomic mass is 9.92. The molecule has 154 valence electrons. The molecule has 3 rings (SSSR count). The summed E-state index contributed by atoms with van der Waals surface area (Å²) < 4.78 is 0. The molecule has 0 radical (unpaired) electrons. The number of amides is 1. The molecule has 30 heavy (non-hydrogen) atoms. The van der Waals surface area contributed by atoms with Gasteiger partial charge in [-0.2, -0.15) is 0 Å². The van der Waals surface area contributed by atoms with Gasteiger partial charge < -0.3 is 10.4 Å². The van der Waals surface area contributed by atoms with E-state index in [2.05, 4.69) is 15.3 Å². The highest BCUT2D eigenvalue weighted by atomic mass is 32.1. The number of carbonyl (C=O) groups excluding carboxylic acids is 1. The standard InChI is InChI=1S/C23H23N3O3S/c1-2-21(27)26-19(23(28)29)13-16-8-9-17(20-14-24-10-11-25-20)22(30)18(16)12-15-6-4-3-5-7-15/h3-11,14,19,30H,2,12-13H2,1H3,(H,26,27)(H,28,29)/t19-/m0/s1. The average Bonchev–Trinajstić information content (AvgIpc) is 2.76. The third-order valence-electron chi connectivity index (χ3n) is 4.82. The molecule has 0 spiro atoms. The summed E-state index contributed by atoms with van der Waals surface area (Å²) in [4.78, 5) is 32.8. The largest absolute Gasteiger partial charge is 0.480 e. The molecular formula is C23H23N3O3S. The fourth-order valence-electron chi connectivity index (χ4n) is 3.23. The molecule has 0 fully saturated rings. The number of benzene rings is 2. The van der Waals surface area contributed by atoms with E-state index in [0.717, 1.165) is 27.1 Å². The van der Waals surface area contributed by atoms with Crippen molar-refractivity contribution in [1.82, 2.24) is 15.3 Å². The van der Waals surface area contributed by atoms with Gasteiger partial charge in [0.1, 0.15) is 6.04 Å². The normalized spacial score (nSPS) is 11.7. The van der Waals surface area contributed by atoms with Gasteiger partial charge >= 0.3 is 5.97 Å². The van der Waals surface area contributed by atoms with Gasteiger partial charge in [0.25, 0.3) is 0 Å². The summed E-state index contributed by atoms with van der Waals surface area (Å²) in [5.74, 6) is -1.37. The molecule has 1 atom stereocenters. The number of rotatable bonds is 8. The van der Waals surface area contributed by atoms with E-state index in [1.165, 1.54) is 0 Å². The van der Waals surface area contributed by atoms with Crippen LogP contribution in [0.3, 0.4) is 0 Å². The number of hydrogen-bond donors (Lipinski definition) is 3. The van der Waals surface area contributed by atoms with Gasteiger partial charge in [-0.05, 0) is 23.1 Å². The number of carboxylic acids is 1. The minimum absolute atomic E-state index is 0.164. The van der Waals surface area contributed by atoms with Crippen molar-refractivity contribution in [2.24, 2.45) is 0 Å². The van der Waals surface area contributed by atoms with E-state index in [1.54, 1.807) is 25.5 Å². The van der Waals surface area contributed by atoms with Crippen LogP contribution in [0.1, 0.15) is 30.0 Å². The summed E-state index contributed by atoms with van der Waals surface area (Å²) in [6.45, 7) is 1.69. The Balaban J connectivity index is 2.04. The summed E-state index contributed by atoms with van der Waals surface area (Å²) >= 11 is 4.78. The van der Waals surface area contributed by atoms with Gasteiger partial charge in [0, 0.05) is 35.7 Å². The van der Waals surface area contributed by atoms with Crippen LogP contribution >= 0.6 is 12.6 Å². The third kappa shape index (κ3) is 5.24. The Hall–Kier alpha value is -3.19. The molecule has 3 aromatic rings. The van der Waals surface area contributed by atoms with E-state index in [0.29, 0.717) is 12.1 Å². The van der Waals surface area contributed by atoms with E-state index in [9.17, 15) is 14.7 Å². The molecule has 0 saturated carbocycles. The van der Waals surface area contributed by atoms with Crippen LogP contribution in [0.15, 0.2) is 66.0 Å². The van der Waals surface area contributed by atoms with Crippen LogP contribution in [0.2, 0.25) is 0 Å². The van der Waals surface area contributed by atoms with E-state index in [1.807, 2.05) is 42.5 Å². The molecular weight excluding hydrogens is 398 g/mol. The molecule has 0 bridgehead atoms. The molecule has 1 amide bonds. The number of aromatic nitrogens is 2. The number of carbonyl (C=O) groups is 2. The summed E-state index contributed by atoms with van der Waals surface area (Å²) in [5.41, 5.74) is 4.32. The lowest BCUT2D eigenvalue weighted by molar-refractivity contribution is -0.141. The molecule has 2 N–H and O–H groups in total. The number of hydrogen-bond acceptors (Lipinski definition) is 5. The van der Waals surface area contributed by atoms with Crippen LogP contribution in [0.25, 0.3) is 11.3 Å². The van der Waals surface area contributed by atoms with Gasteiger partial charge in [0.05, 0.1) is 11.9 Å². The van der Waals surface area contributed by atoms with Crippen LogP contribution in [0.5, 0.6) is 0 Å². The molecule has 2 aromatic carbocycles. The molecule has 1 heterocycles. The molecule has 6 nitrogen and oxygen atoms in total. The molecule has 0 saturated heterocycles. The minimum Gasteiger partial charge on any atom is -0.480 e. The summed E-state index contributed by atoms with van der Waals surface area (Å²) in [5, 5.41) is 12.2. The Labute approximate surface area is 180 Å². The van der Waals surface area contributed by atoms with Crippen molar-refractivity contribution >= 4 is 24.5 Å². The Morgan fingerprint density at radius 2 is 1.90 bits per heavy atom. The van der Waals surface area contributed by atoms with E-state index in [4.69, 9.17) is 12.6 Å². The number of carboxylic acid groups (broad SMARTS) is 1. The Bertz CT molecular complexity index is 1030. The number of nitrogens with zero attached hydrogens (tertiary/aromatic N) is 2. The lowest BCUT2D eigenvalue weighted by Gasteiger charge is -2.19. The molecule has 0 unspecified atom stereocenters. The van der Waals surface area contributed by atoms with E-state index >= 15 is 0 Å². The molecule has 0 aliphatic heterocycles. The monoisotopic (exact) mass is 421 g/mol. The van der Waals surface area contributed by atoms with Gasteiger partial charge in [-0.25, -0.2) is 4.79 Å². The first-order valence-corrected chi connectivity index (χ1v) is 10.1. The second-order valence-corrected chi connectivity index (χ2v) is 7.32. The second kappa shape index (κ2) is 10.0. The molecule has 1 aromatic heterocycles. The summed E-state index contributed by atoms with van der Waals surface area (Å²) in [6, 6.07) is 12.6. The zero-order chi connectivity index (χ0) is 21.5. The first-order chi connectivity index (χ1) is 14.5. The van der Waals surface area contributed by atoms with E-state index in [-0.39, 0.29) is 18.7 Å². The van der Waals surface area contributed by atoms with Gasteiger partial charge in [-0.3, -0.25) is 14.8 Å². The first kappa shape index (κ1) is 21.5. The smallest absolute Gasteiger partial charge is 0.326 e. The fraction of sp³-hybridized carbons (Fsp3) is 0.217. The second-order valence-electron chi connectivity index (χ2n) is 6.87. The average molecular weight is 422 g/mol. The SMILES string of the molecule is CCC(=O)N[C@@H](Cc1ccc(-c2cnccn2)c(S)c1Cc1ccccc1)C(=O)O. The maximum Gasteiger partial charge on any atom is 0.326 e. The van der Waals surface area contributed by atoms with Crippen LogP contribution in [0.4, 0.5) is 0 Å². The van der Waals surface area contributed by atoms with Crippen molar-refractivity contribution in [2.45, 2.75) is 37.1 Å². The van der Waals surface area contributed by atoms with Crippen LogP contribution in [0, 0.1) is 0 Å². The van der Waals surface area contributed by atoms with Gasteiger partial charge in [-0.1, -0.05) is 49.4 Å². The molecule has 0 aliphatic rings. The highest BCUT2D eigenvalue weighted by Crippen LogP contribution is 2.32. The fourth-order valence-corrected chi connectivity index (χ4v) is 3.64. The Morgan fingerprint density at radius 1 is 1.13 bits per heavy atom. The Kier molecular flexibility index (Phi) is 7.19. The number of aliphatic carboxylic acids is 1. The van der Waals surface area contributed by atoms with Gasteiger partial charge in [0.2, 0.25) is 5.91 Å². The van der Waals surface area contributed by atoms with Crippen molar-refractivity contribution in [3.05, 3.63) is 77.7 Å². The zero-order valence-corrected chi connectivity index (χ0v) is 17.5. The van der Waals surface area contributed by atoms with E-state index < -0.39 is 12.0 Å². The Morgan fingerprint density at radius 3 is 2.53 bits per heavy atom. The van der Waals surface area contributed by atoms with Crippen molar-refractivity contribution in [2.75, 3.05) is 0 Å². The van der Waals surface area contributed by atoms with Crippen LogP contribution in [-0.4, -0.2) is 33.0 Å². The van der Waals surface area contributed by atoms with Crippen molar-refractivity contribution in [3.63, 3.8) is 0 Å². The molecule has 0 aliphatic carbocycles. The topological polar surface area (TPSA) is 92.2 Å². The van der Waals surface area contributed by atoms with Crippen molar-refractivity contribution in [3.8, 4) is 11.3 Å². The predicted molar refractivity (Wildman–Crippen MR) is 118 cm³/mol. The number of nitrogens with one attached hydrogen (secondary N) is 1. The third-order valence-corrected chi connectivity index (χ3v) is 5.33. The van der Waals surface area contributed by atoms with Crippen molar-refractivity contribution < 1.29 is 14.7 Å². The van der Waals surface area contributed by atoms with Crippen molar-refractivity contribution in [1.29, 1.82) is 0 Å². The summed E-state index contributed by atoms with van der Waals surface area (Å²) in [7, 11) is 0.